The van der Waals surface area contributed by atoms with Crippen LogP contribution in [0.3, 0.4) is 0 Å². The van der Waals surface area contributed by atoms with Crippen molar-refractivity contribution in [1.82, 2.24) is 20.9 Å². The minimum atomic E-state index is -4.52. The number of amides is 4. The van der Waals surface area contributed by atoms with Gasteiger partial charge in [-0.05, 0) is 56.7 Å². The summed E-state index contributed by atoms with van der Waals surface area (Å²) in [7, 11) is 0. The van der Waals surface area contributed by atoms with Crippen LogP contribution in [-0.2, 0) is 36.6 Å². The zero-order chi connectivity index (χ0) is 28.1. The van der Waals surface area contributed by atoms with Crippen molar-refractivity contribution in [3.63, 3.8) is 0 Å². The SMILES string of the molecule is CC[C@]1(C)NC(=O)[C@H](CCCC=O)NC(=O)[C@H]2CCCN2C(=O)C(Cc2ccc(C(F)(F)F)cc2)NC1=O. The smallest absolute Gasteiger partial charge is 0.343 e. The summed E-state index contributed by atoms with van der Waals surface area (Å²) < 4.78 is 39.0. The van der Waals surface area contributed by atoms with Crippen LogP contribution in [0.4, 0.5) is 13.2 Å². The lowest BCUT2D eigenvalue weighted by Crippen LogP contribution is -2.65. The molecule has 2 heterocycles. The average molecular weight is 539 g/mol. The standard InChI is InChI=1S/C26H33F3N4O5/c1-3-25(2)24(38)31-19(15-16-9-11-17(12-10-16)26(27,28)29)23(37)33-13-6-8-20(33)22(36)30-18(21(35)32-25)7-4-5-14-34/h9-12,14,18-20H,3-8,13,15H2,1-2H3,(H,30,36)(H,31,38)(H,32,35)/t18-,19?,20+,25-/m0/s1. The Balaban J connectivity index is 1.94. The molecule has 12 heteroatoms. The van der Waals surface area contributed by atoms with Gasteiger partial charge in [-0.15, -0.1) is 0 Å². The third kappa shape index (κ3) is 6.70. The van der Waals surface area contributed by atoms with E-state index >= 15 is 0 Å². The van der Waals surface area contributed by atoms with Crippen LogP contribution < -0.4 is 16.0 Å². The third-order valence-electron chi connectivity index (χ3n) is 7.22. The number of carbonyl (C=O) groups excluding carboxylic acids is 5. The first-order chi connectivity index (χ1) is 17.9. The van der Waals surface area contributed by atoms with Gasteiger partial charge in [0.2, 0.25) is 23.6 Å². The monoisotopic (exact) mass is 538 g/mol. The van der Waals surface area contributed by atoms with E-state index in [1.807, 2.05) is 0 Å². The first-order valence-corrected chi connectivity index (χ1v) is 12.7. The molecule has 0 aromatic heterocycles. The van der Waals surface area contributed by atoms with Crippen molar-refractivity contribution in [2.75, 3.05) is 6.54 Å². The van der Waals surface area contributed by atoms with Crippen LogP contribution in [0.2, 0.25) is 0 Å². The van der Waals surface area contributed by atoms with Gasteiger partial charge in [0.15, 0.2) is 0 Å². The van der Waals surface area contributed by atoms with Crippen LogP contribution >= 0.6 is 0 Å². The minimum absolute atomic E-state index is 0.102. The Kier molecular flexibility index (Phi) is 9.16. The Morgan fingerprint density at radius 3 is 2.34 bits per heavy atom. The molecule has 1 unspecified atom stereocenters. The molecule has 4 atom stereocenters. The second-order valence-electron chi connectivity index (χ2n) is 9.95. The Labute approximate surface area is 218 Å². The van der Waals surface area contributed by atoms with Gasteiger partial charge in [-0.25, -0.2) is 0 Å². The van der Waals surface area contributed by atoms with Gasteiger partial charge in [-0.3, -0.25) is 19.2 Å². The number of hydrogen-bond acceptors (Lipinski definition) is 5. The molecule has 0 aliphatic carbocycles. The van der Waals surface area contributed by atoms with Crippen LogP contribution in [-0.4, -0.2) is 65.0 Å². The van der Waals surface area contributed by atoms with Crippen molar-refractivity contribution in [3.8, 4) is 0 Å². The van der Waals surface area contributed by atoms with Crippen molar-refractivity contribution in [2.24, 2.45) is 0 Å². The van der Waals surface area contributed by atoms with Crippen molar-refractivity contribution >= 4 is 29.9 Å². The number of aldehydes is 1. The van der Waals surface area contributed by atoms with Crippen LogP contribution in [0.25, 0.3) is 0 Å². The van der Waals surface area contributed by atoms with E-state index in [0.717, 1.165) is 12.1 Å². The number of alkyl halides is 3. The lowest BCUT2D eigenvalue weighted by molar-refractivity contribution is -0.144. The van der Waals surface area contributed by atoms with Crippen LogP contribution in [0, 0.1) is 0 Å². The minimum Gasteiger partial charge on any atom is -0.343 e. The van der Waals surface area contributed by atoms with Gasteiger partial charge in [-0.1, -0.05) is 19.1 Å². The fourth-order valence-corrected chi connectivity index (χ4v) is 4.69. The maximum atomic E-state index is 13.6. The van der Waals surface area contributed by atoms with E-state index in [1.54, 1.807) is 6.92 Å². The molecule has 208 valence electrons. The zero-order valence-electron chi connectivity index (χ0n) is 21.4. The molecule has 3 rings (SSSR count). The number of halogens is 3. The molecular formula is C26H33F3N4O5. The second kappa shape index (κ2) is 12.0. The van der Waals surface area contributed by atoms with E-state index in [0.29, 0.717) is 31.1 Å². The van der Waals surface area contributed by atoms with E-state index in [1.165, 1.54) is 24.0 Å². The third-order valence-corrected chi connectivity index (χ3v) is 7.22. The summed E-state index contributed by atoms with van der Waals surface area (Å²) in [5.74, 6) is -2.26. The van der Waals surface area contributed by atoms with Crippen molar-refractivity contribution in [1.29, 1.82) is 0 Å². The second-order valence-corrected chi connectivity index (χ2v) is 9.95. The topological polar surface area (TPSA) is 125 Å². The molecule has 0 radical (unpaired) electrons. The lowest BCUT2D eigenvalue weighted by atomic mass is 9.94. The van der Waals surface area contributed by atoms with Crippen molar-refractivity contribution in [3.05, 3.63) is 35.4 Å². The first kappa shape index (κ1) is 29.1. The summed E-state index contributed by atoms with van der Waals surface area (Å²) in [5.41, 5.74) is -1.88. The van der Waals surface area contributed by atoms with Crippen LogP contribution in [0.15, 0.2) is 24.3 Å². The molecule has 9 nitrogen and oxygen atoms in total. The molecule has 0 saturated carbocycles. The quantitative estimate of drug-likeness (QED) is 0.361. The summed E-state index contributed by atoms with van der Waals surface area (Å²) in [6.07, 6.45) is -2.14. The Morgan fingerprint density at radius 1 is 1.05 bits per heavy atom. The molecule has 1 aromatic rings. The summed E-state index contributed by atoms with van der Waals surface area (Å²) in [4.78, 5) is 65.5. The Bertz CT molecular complexity index is 1060. The Morgan fingerprint density at radius 2 is 1.74 bits per heavy atom. The highest BCUT2D eigenvalue weighted by Crippen LogP contribution is 2.29. The lowest BCUT2D eigenvalue weighted by Gasteiger charge is -2.35. The molecule has 4 amide bonds. The maximum Gasteiger partial charge on any atom is 0.416 e. The summed E-state index contributed by atoms with van der Waals surface area (Å²) >= 11 is 0. The van der Waals surface area contributed by atoms with Gasteiger partial charge < -0.3 is 25.6 Å². The van der Waals surface area contributed by atoms with Gasteiger partial charge in [-0.2, -0.15) is 13.2 Å². The maximum absolute atomic E-state index is 13.6. The van der Waals surface area contributed by atoms with Gasteiger partial charge in [0.05, 0.1) is 5.56 Å². The predicted octanol–water partition coefficient (Wildman–Crippen LogP) is 1.88. The molecular weight excluding hydrogens is 505 g/mol. The molecule has 2 aliphatic rings. The molecule has 0 bridgehead atoms. The molecule has 2 fully saturated rings. The van der Waals surface area contributed by atoms with Gasteiger partial charge in [0.25, 0.3) is 0 Å². The van der Waals surface area contributed by atoms with Crippen molar-refractivity contribution < 1.29 is 37.1 Å². The molecule has 2 aliphatic heterocycles. The van der Waals surface area contributed by atoms with Gasteiger partial charge in [0.1, 0.15) is 30.0 Å². The Hall–Kier alpha value is -3.44. The fourth-order valence-electron chi connectivity index (χ4n) is 4.69. The van der Waals surface area contributed by atoms with E-state index in [2.05, 4.69) is 16.0 Å². The summed E-state index contributed by atoms with van der Waals surface area (Å²) in [6.45, 7) is 3.42. The van der Waals surface area contributed by atoms with Gasteiger partial charge >= 0.3 is 6.18 Å². The van der Waals surface area contributed by atoms with Gasteiger partial charge in [0, 0.05) is 19.4 Å². The average Bonchev–Trinajstić information content (AvgIpc) is 3.36. The van der Waals surface area contributed by atoms with E-state index in [4.69, 9.17) is 0 Å². The largest absolute Gasteiger partial charge is 0.416 e. The molecule has 0 spiro atoms. The number of fused-ring (bicyclic) bond motifs is 1. The molecule has 38 heavy (non-hydrogen) atoms. The van der Waals surface area contributed by atoms with Crippen molar-refractivity contribution in [2.45, 2.75) is 88.6 Å². The number of hydrogen-bond donors (Lipinski definition) is 3. The highest BCUT2D eigenvalue weighted by atomic mass is 19.4. The normalized spacial score (nSPS) is 27.0. The number of benzene rings is 1. The predicted molar refractivity (Wildman–Crippen MR) is 130 cm³/mol. The van der Waals surface area contributed by atoms with E-state index in [9.17, 15) is 37.1 Å². The fraction of sp³-hybridized carbons (Fsp3) is 0.577. The number of nitrogens with zero attached hydrogens (tertiary/aromatic N) is 1. The summed E-state index contributed by atoms with van der Waals surface area (Å²) in [5, 5.41) is 8.07. The number of unbranched alkanes of at least 4 members (excludes halogenated alkanes) is 1. The molecule has 3 N–H and O–H groups in total. The van der Waals surface area contributed by atoms with E-state index in [-0.39, 0.29) is 32.2 Å². The number of carbonyl (C=O) groups is 5. The summed E-state index contributed by atoms with van der Waals surface area (Å²) in [6, 6.07) is 1.27. The first-order valence-electron chi connectivity index (χ1n) is 12.7. The highest BCUT2D eigenvalue weighted by Gasteiger charge is 2.43. The molecule has 1 aromatic carbocycles. The van der Waals surface area contributed by atoms with E-state index < -0.39 is 59.0 Å². The number of nitrogens with one attached hydrogen (secondary N) is 3. The van der Waals surface area contributed by atoms with Crippen LogP contribution in [0.1, 0.15) is 63.5 Å². The highest BCUT2D eigenvalue weighted by molar-refractivity contribution is 5.99. The molecule has 2 saturated heterocycles. The van der Waals surface area contributed by atoms with Crippen LogP contribution in [0.5, 0.6) is 0 Å². The number of rotatable bonds is 7. The zero-order valence-corrected chi connectivity index (χ0v) is 21.4.